The van der Waals surface area contributed by atoms with Crippen molar-refractivity contribution in [1.29, 1.82) is 0 Å². The molecule has 21 heavy (non-hydrogen) atoms. The number of halogens is 1. The molecule has 5 nitrogen and oxygen atoms in total. The van der Waals surface area contributed by atoms with E-state index >= 15 is 0 Å². The minimum absolute atomic E-state index is 0.179. The number of anilines is 1. The lowest BCUT2D eigenvalue weighted by atomic mass is 10.1. The highest BCUT2D eigenvalue weighted by Crippen LogP contribution is 2.30. The van der Waals surface area contributed by atoms with Crippen LogP contribution < -0.4 is 10.5 Å². The minimum atomic E-state index is -0.179. The smallest absolute Gasteiger partial charge is 0.257 e. The molecule has 0 bridgehead atoms. The summed E-state index contributed by atoms with van der Waals surface area (Å²) in [5, 5.41) is 0.335. The zero-order valence-corrected chi connectivity index (χ0v) is 13.6. The molecular formula is C14H16ClN3O2S. The summed E-state index contributed by atoms with van der Waals surface area (Å²) < 4.78 is 5.22. The number of aryl methyl sites for hydroxylation is 1. The fourth-order valence-corrected chi connectivity index (χ4v) is 2.87. The summed E-state index contributed by atoms with van der Waals surface area (Å²) in [7, 11) is 3.22. The number of hydrogen-bond donors (Lipinski definition) is 1. The maximum Gasteiger partial charge on any atom is 0.257 e. The average Bonchev–Trinajstić information content (AvgIpc) is 2.85. The van der Waals surface area contributed by atoms with E-state index in [1.807, 2.05) is 6.92 Å². The van der Waals surface area contributed by atoms with Crippen LogP contribution in [-0.2, 0) is 6.54 Å². The quantitative estimate of drug-likeness (QED) is 0.877. The van der Waals surface area contributed by atoms with E-state index in [9.17, 15) is 4.79 Å². The van der Waals surface area contributed by atoms with Gasteiger partial charge in [0.05, 0.1) is 41.1 Å². The van der Waals surface area contributed by atoms with Gasteiger partial charge >= 0.3 is 0 Å². The Morgan fingerprint density at radius 2 is 2.24 bits per heavy atom. The van der Waals surface area contributed by atoms with Crippen molar-refractivity contribution in [2.45, 2.75) is 13.5 Å². The largest absolute Gasteiger partial charge is 0.496 e. The number of methoxy groups -OCH3 is 1. The van der Waals surface area contributed by atoms with Crippen molar-refractivity contribution in [2.75, 3.05) is 19.9 Å². The molecule has 0 atom stereocenters. The number of benzene rings is 1. The Morgan fingerprint density at radius 1 is 1.52 bits per heavy atom. The molecule has 0 aliphatic carbocycles. The van der Waals surface area contributed by atoms with Crippen LogP contribution in [0.1, 0.15) is 20.9 Å². The number of nitrogen functional groups attached to an aromatic ring is 1. The van der Waals surface area contributed by atoms with E-state index in [1.165, 1.54) is 24.5 Å². The SMILES string of the molecule is COc1cc(N)c(Cl)cc1C(=O)N(C)Cc1scnc1C. The highest BCUT2D eigenvalue weighted by molar-refractivity contribution is 7.09. The van der Waals surface area contributed by atoms with E-state index in [4.69, 9.17) is 22.1 Å². The fraction of sp³-hybridized carbons (Fsp3) is 0.286. The molecule has 0 aliphatic rings. The summed E-state index contributed by atoms with van der Waals surface area (Å²) in [6.45, 7) is 2.41. The van der Waals surface area contributed by atoms with Crippen LogP contribution in [-0.4, -0.2) is 29.9 Å². The Bertz CT molecular complexity index is 672. The topological polar surface area (TPSA) is 68.5 Å². The average molecular weight is 326 g/mol. The van der Waals surface area contributed by atoms with Gasteiger partial charge in [-0.25, -0.2) is 4.98 Å². The Labute approximate surface area is 132 Å². The first-order chi connectivity index (χ1) is 9.93. The van der Waals surface area contributed by atoms with E-state index in [0.29, 0.717) is 28.6 Å². The summed E-state index contributed by atoms with van der Waals surface area (Å²) in [6, 6.07) is 3.09. The van der Waals surface area contributed by atoms with Crippen molar-refractivity contribution >= 4 is 34.5 Å². The second-order valence-corrected chi connectivity index (χ2v) is 5.94. The molecule has 1 aromatic heterocycles. The van der Waals surface area contributed by atoms with Crippen molar-refractivity contribution in [3.8, 4) is 5.75 Å². The van der Waals surface area contributed by atoms with Crippen LogP contribution in [0.2, 0.25) is 5.02 Å². The molecule has 2 rings (SSSR count). The summed E-state index contributed by atoms with van der Waals surface area (Å²) in [5.74, 6) is 0.233. The molecule has 0 saturated carbocycles. The number of rotatable bonds is 4. The first-order valence-electron chi connectivity index (χ1n) is 6.21. The molecular weight excluding hydrogens is 310 g/mol. The molecule has 1 heterocycles. The van der Waals surface area contributed by atoms with Gasteiger partial charge in [0, 0.05) is 18.0 Å². The maximum absolute atomic E-state index is 12.6. The van der Waals surface area contributed by atoms with E-state index in [-0.39, 0.29) is 5.91 Å². The van der Waals surface area contributed by atoms with Crippen LogP contribution in [0.15, 0.2) is 17.6 Å². The third kappa shape index (κ3) is 3.28. The highest BCUT2D eigenvalue weighted by Gasteiger charge is 2.19. The summed E-state index contributed by atoms with van der Waals surface area (Å²) >= 11 is 7.52. The number of carbonyl (C=O) groups excluding carboxylic acids is 1. The lowest BCUT2D eigenvalue weighted by Crippen LogP contribution is -2.26. The van der Waals surface area contributed by atoms with Crippen molar-refractivity contribution in [1.82, 2.24) is 9.88 Å². The van der Waals surface area contributed by atoms with Gasteiger partial charge in [0.1, 0.15) is 5.75 Å². The number of nitrogens with zero attached hydrogens (tertiary/aromatic N) is 2. The van der Waals surface area contributed by atoms with E-state index in [2.05, 4.69) is 4.98 Å². The van der Waals surface area contributed by atoms with Gasteiger partial charge in [0.2, 0.25) is 0 Å². The Morgan fingerprint density at radius 3 is 2.81 bits per heavy atom. The zero-order chi connectivity index (χ0) is 15.6. The third-order valence-corrected chi connectivity index (χ3v) is 4.37. The Kier molecular flexibility index (Phi) is 4.69. The van der Waals surface area contributed by atoms with Crippen LogP contribution >= 0.6 is 22.9 Å². The molecule has 1 amide bonds. The van der Waals surface area contributed by atoms with Crippen molar-refractivity contribution in [2.24, 2.45) is 0 Å². The van der Waals surface area contributed by atoms with Crippen LogP contribution in [0.4, 0.5) is 5.69 Å². The summed E-state index contributed by atoms with van der Waals surface area (Å²) in [4.78, 5) is 19.4. The number of aromatic nitrogens is 1. The van der Waals surface area contributed by atoms with Crippen molar-refractivity contribution < 1.29 is 9.53 Å². The van der Waals surface area contributed by atoms with E-state index in [0.717, 1.165) is 10.6 Å². The van der Waals surface area contributed by atoms with Crippen LogP contribution in [0.3, 0.4) is 0 Å². The molecule has 0 unspecified atom stereocenters. The normalized spacial score (nSPS) is 10.5. The predicted molar refractivity (Wildman–Crippen MR) is 85.1 cm³/mol. The predicted octanol–water partition coefficient (Wildman–Crippen LogP) is 2.97. The van der Waals surface area contributed by atoms with Gasteiger partial charge < -0.3 is 15.4 Å². The third-order valence-electron chi connectivity index (χ3n) is 3.12. The summed E-state index contributed by atoms with van der Waals surface area (Å²) in [6.07, 6.45) is 0. The first kappa shape index (κ1) is 15.6. The minimum Gasteiger partial charge on any atom is -0.496 e. The molecule has 2 aromatic rings. The van der Waals surface area contributed by atoms with Crippen molar-refractivity contribution in [3.63, 3.8) is 0 Å². The number of hydrogen-bond acceptors (Lipinski definition) is 5. The molecule has 2 N–H and O–H groups in total. The molecule has 0 radical (unpaired) electrons. The lowest BCUT2D eigenvalue weighted by molar-refractivity contribution is 0.0783. The molecule has 1 aromatic carbocycles. The number of thiazole rings is 1. The molecule has 0 spiro atoms. The van der Waals surface area contributed by atoms with Gasteiger partial charge in [-0.1, -0.05) is 11.6 Å². The maximum atomic E-state index is 12.6. The zero-order valence-electron chi connectivity index (χ0n) is 12.0. The van der Waals surface area contributed by atoms with Crippen LogP contribution in [0.5, 0.6) is 5.75 Å². The molecule has 112 valence electrons. The summed E-state index contributed by atoms with van der Waals surface area (Å²) in [5.41, 5.74) is 9.20. The second-order valence-electron chi connectivity index (χ2n) is 4.60. The van der Waals surface area contributed by atoms with Gasteiger partial charge in [-0.3, -0.25) is 4.79 Å². The first-order valence-corrected chi connectivity index (χ1v) is 7.47. The van der Waals surface area contributed by atoms with Crippen LogP contribution in [0, 0.1) is 6.92 Å². The fourth-order valence-electron chi connectivity index (χ4n) is 1.88. The second kappa shape index (κ2) is 6.32. The van der Waals surface area contributed by atoms with Gasteiger partial charge in [-0.15, -0.1) is 11.3 Å². The van der Waals surface area contributed by atoms with Crippen LogP contribution in [0.25, 0.3) is 0 Å². The Hall–Kier alpha value is -1.79. The van der Waals surface area contributed by atoms with Gasteiger partial charge in [0.15, 0.2) is 0 Å². The highest BCUT2D eigenvalue weighted by atomic mass is 35.5. The number of carbonyl (C=O) groups is 1. The molecule has 0 aliphatic heterocycles. The Balaban J connectivity index is 2.27. The van der Waals surface area contributed by atoms with Gasteiger partial charge in [-0.2, -0.15) is 0 Å². The lowest BCUT2D eigenvalue weighted by Gasteiger charge is -2.19. The molecule has 0 fully saturated rings. The standard InChI is InChI=1S/C14H16ClN3O2S/c1-8-13(21-7-17-8)6-18(2)14(19)9-4-10(15)11(16)5-12(9)20-3/h4-5,7H,6,16H2,1-3H3. The van der Waals surface area contributed by atoms with Gasteiger partial charge in [-0.05, 0) is 13.0 Å². The number of ether oxygens (including phenoxy) is 1. The number of nitrogens with two attached hydrogens (primary N) is 1. The van der Waals surface area contributed by atoms with E-state index in [1.54, 1.807) is 23.5 Å². The molecule has 0 saturated heterocycles. The van der Waals surface area contributed by atoms with E-state index < -0.39 is 0 Å². The number of amides is 1. The monoisotopic (exact) mass is 325 g/mol. The molecule has 7 heteroatoms. The van der Waals surface area contributed by atoms with Crippen molar-refractivity contribution in [3.05, 3.63) is 38.8 Å². The van der Waals surface area contributed by atoms with Gasteiger partial charge in [0.25, 0.3) is 5.91 Å².